The minimum atomic E-state index is -0.147. The summed E-state index contributed by atoms with van der Waals surface area (Å²) in [6.07, 6.45) is 1.01. The normalized spacial score (nSPS) is 18.5. The molecule has 3 N–H and O–H groups in total. The fraction of sp³-hybridized carbons (Fsp3) is 0.462. The molecular weight excluding hydrogens is 214 g/mol. The van der Waals surface area contributed by atoms with E-state index in [1.165, 1.54) is 0 Å². The van der Waals surface area contributed by atoms with Gasteiger partial charge in [-0.1, -0.05) is 32.0 Å². The summed E-state index contributed by atoms with van der Waals surface area (Å²) in [6, 6.07) is 7.70. The Morgan fingerprint density at radius 3 is 2.88 bits per heavy atom. The fourth-order valence-corrected chi connectivity index (χ4v) is 1.91. The minimum Gasteiger partial charge on any atom is -0.318 e. The predicted molar refractivity (Wildman–Crippen MR) is 68.8 cm³/mol. The molecule has 4 nitrogen and oxygen atoms in total. The molecule has 0 aromatic heterocycles. The first-order valence-corrected chi connectivity index (χ1v) is 6.06. The zero-order valence-corrected chi connectivity index (χ0v) is 10.3. The molecule has 0 saturated heterocycles. The SMILES string of the molecule is CC(C)CCNC1NC(=O)Nc2ccccc21. The summed E-state index contributed by atoms with van der Waals surface area (Å²) in [5.74, 6) is 0.662. The first-order valence-electron chi connectivity index (χ1n) is 6.06. The van der Waals surface area contributed by atoms with Gasteiger partial charge < -0.3 is 10.6 Å². The van der Waals surface area contributed by atoms with Crippen LogP contribution in [0.1, 0.15) is 32.0 Å². The number of hydrogen-bond donors (Lipinski definition) is 3. The van der Waals surface area contributed by atoms with Crippen molar-refractivity contribution in [1.29, 1.82) is 0 Å². The van der Waals surface area contributed by atoms with Crippen molar-refractivity contribution in [2.24, 2.45) is 5.92 Å². The van der Waals surface area contributed by atoms with Crippen molar-refractivity contribution in [3.8, 4) is 0 Å². The van der Waals surface area contributed by atoms with E-state index in [1.54, 1.807) is 0 Å². The smallest absolute Gasteiger partial charge is 0.318 e. The molecule has 0 saturated carbocycles. The molecule has 0 radical (unpaired) electrons. The van der Waals surface area contributed by atoms with Crippen LogP contribution < -0.4 is 16.0 Å². The number of nitrogens with one attached hydrogen (secondary N) is 3. The monoisotopic (exact) mass is 233 g/mol. The highest BCUT2D eigenvalue weighted by Gasteiger charge is 2.22. The van der Waals surface area contributed by atoms with Crippen LogP contribution >= 0.6 is 0 Å². The van der Waals surface area contributed by atoms with E-state index in [9.17, 15) is 4.79 Å². The third-order valence-corrected chi connectivity index (χ3v) is 2.87. The maximum atomic E-state index is 11.5. The summed E-state index contributed by atoms with van der Waals surface area (Å²) in [5, 5.41) is 9.05. The molecule has 0 spiro atoms. The van der Waals surface area contributed by atoms with Crippen LogP contribution in [0.3, 0.4) is 0 Å². The summed E-state index contributed by atoms with van der Waals surface area (Å²) in [4.78, 5) is 11.5. The van der Waals surface area contributed by atoms with Crippen molar-refractivity contribution in [2.45, 2.75) is 26.4 Å². The van der Waals surface area contributed by atoms with E-state index in [0.29, 0.717) is 5.92 Å². The summed E-state index contributed by atoms with van der Waals surface area (Å²) < 4.78 is 0. The highest BCUT2D eigenvalue weighted by molar-refractivity contribution is 5.92. The first kappa shape index (κ1) is 11.9. The van der Waals surface area contributed by atoms with Gasteiger partial charge in [-0.3, -0.25) is 5.32 Å². The Balaban J connectivity index is 2.05. The molecule has 0 bridgehead atoms. The van der Waals surface area contributed by atoms with E-state index in [0.717, 1.165) is 24.2 Å². The second kappa shape index (κ2) is 5.19. The Kier molecular flexibility index (Phi) is 3.64. The van der Waals surface area contributed by atoms with Gasteiger partial charge in [-0.25, -0.2) is 4.79 Å². The summed E-state index contributed by atoms with van der Waals surface area (Å²) >= 11 is 0. The highest BCUT2D eigenvalue weighted by Crippen LogP contribution is 2.24. The number of para-hydroxylation sites is 1. The number of hydrogen-bond acceptors (Lipinski definition) is 2. The number of anilines is 1. The number of fused-ring (bicyclic) bond motifs is 1. The van der Waals surface area contributed by atoms with Crippen molar-refractivity contribution in [3.63, 3.8) is 0 Å². The van der Waals surface area contributed by atoms with Gasteiger partial charge in [0, 0.05) is 11.3 Å². The number of urea groups is 1. The predicted octanol–water partition coefficient (Wildman–Crippen LogP) is 2.46. The molecule has 2 rings (SSSR count). The van der Waals surface area contributed by atoms with E-state index in [-0.39, 0.29) is 12.2 Å². The molecule has 0 fully saturated rings. The van der Waals surface area contributed by atoms with Crippen LogP contribution in [-0.4, -0.2) is 12.6 Å². The lowest BCUT2D eigenvalue weighted by Gasteiger charge is -2.28. The van der Waals surface area contributed by atoms with Gasteiger partial charge in [0.1, 0.15) is 6.17 Å². The quantitative estimate of drug-likeness (QED) is 0.748. The Bertz CT molecular complexity index is 403. The lowest BCUT2D eigenvalue weighted by atomic mass is 10.1. The van der Waals surface area contributed by atoms with E-state index < -0.39 is 0 Å². The maximum Gasteiger partial charge on any atom is 0.320 e. The van der Waals surface area contributed by atoms with Crippen LogP contribution in [0.25, 0.3) is 0 Å². The van der Waals surface area contributed by atoms with Gasteiger partial charge in [0.25, 0.3) is 0 Å². The lowest BCUT2D eigenvalue weighted by Crippen LogP contribution is -2.44. The van der Waals surface area contributed by atoms with E-state index in [4.69, 9.17) is 0 Å². The Morgan fingerprint density at radius 2 is 2.12 bits per heavy atom. The minimum absolute atomic E-state index is 0.0845. The molecule has 17 heavy (non-hydrogen) atoms. The second-order valence-corrected chi connectivity index (χ2v) is 4.76. The standard InChI is InChI=1S/C13H19N3O/c1-9(2)7-8-14-12-10-5-3-4-6-11(10)15-13(17)16-12/h3-6,9,12,14H,7-8H2,1-2H3,(H2,15,16,17). The van der Waals surface area contributed by atoms with Gasteiger partial charge in [0.05, 0.1) is 0 Å². The molecule has 2 amide bonds. The Labute approximate surface area is 102 Å². The van der Waals surface area contributed by atoms with Crippen LogP contribution in [0.15, 0.2) is 24.3 Å². The van der Waals surface area contributed by atoms with Crippen molar-refractivity contribution < 1.29 is 4.79 Å². The first-order chi connectivity index (χ1) is 8.16. The topological polar surface area (TPSA) is 53.2 Å². The summed E-state index contributed by atoms with van der Waals surface area (Å²) in [7, 11) is 0. The molecule has 92 valence electrons. The van der Waals surface area contributed by atoms with E-state index in [1.807, 2.05) is 24.3 Å². The van der Waals surface area contributed by atoms with E-state index in [2.05, 4.69) is 29.8 Å². The molecule has 1 aliphatic heterocycles. The molecule has 1 aromatic carbocycles. The second-order valence-electron chi connectivity index (χ2n) is 4.76. The number of carbonyl (C=O) groups is 1. The largest absolute Gasteiger partial charge is 0.320 e. The Hall–Kier alpha value is -1.55. The van der Waals surface area contributed by atoms with Crippen molar-refractivity contribution >= 4 is 11.7 Å². The van der Waals surface area contributed by atoms with Crippen LogP contribution in [0.4, 0.5) is 10.5 Å². The van der Waals surface area contributed by atoms with Crippen LogP contribution in [-0.2, 0) is 0 Å². The fourth-order valence-electron chi connectivity index (χ4n) is 1.91. The summed E-state index contributed by atoms with van der Waals surface area (Å²) in [6.45, 7) is 5.28. The lowest BCUT2D eigenvalue weighted by molar-refractivity contribution is 0.244. The molecule has 4 heteroatoms. The van der Waals surface area contributed by atoms with Crippen LogP contribution in [0, 0.1) is 5.92 Å². The van der Waals surface area contributed by atoms with Crippen LogP contribution in [0.5, 0.6) is 0 Å². The molecule has 1 heterocycles. The third-order valence-electron chi connectivity index (χ3n) is 2.87. The molecule has 0 aliphatic carbocycles. The van der Waals surface area contributed by atoms with Gasteiger partial charge in [-0.15, -0.1) is 0 Å². The molecule has 1 aliphatic rings. The van der Waals surface area contributed by atoms with Gasteiger partial charge in [-0.2, -0.15) is 0 Å². The number of rotatable bonds is 4. The Morgan fingerprint density at radius 1 is 1.35 bits per heavy atom. The van der Waals surface area contributed by atoms with Gasteiger partial charge in [-0.05, 0) is 24.9 Å². The van der Waals surface area contributed by atoms with Crippen molar-refractivity contribution in [3.05, 3.63) is 29.8 Å². The summed E-state index contributed by atoms with van der Waals surface area (Å²) in [5.41, 5.74) is 1.98. The number of benzene rings is 1. The van der Waals surface area contributed by atoms with Crippen molar-refractivity contribution in [2.75, 3.05) is 11.9 Å². The van der Waals surface area contributed by atoms with Gasteiger partial charge in [0.2, 0.25) is 0 Å². The molecule has 1 aromatic rings. The molecular formula is C13H19N3O. The van der Waals surface area contributed by atoms with Crippen LogP contribution in [0.2, 0.25) is 0 Å². The van der Waals surface area contributed by atoms with Gasteiger partial charge >= 0.3 is 6.03 Å². The maximum absolute atomic E-state index is 11.5. The molecule has 1 atom stereocenters. The number of amides is 2. The average Bonchev–Trinajstić information content (AvgIpc) is 2.28. The van der Waals surface area contributed by atoms with Gasteiger partial charge in [0.15, 0.2) is 0 Å². The zero-order valence-electron chi connectivity index (χ0n) is 10.3. The average molecular weight is 233 g/mol. The van der Waals surface area contributed by atoms with E-state index >= 15 is 0 Å². The molecule has 1 unspecified atom stereocenters. The van der Waals surface area contributed by atoms with Crippen molar-refractivity contribution in [1.82, 2.24) is 10.6 Å². The zero-order chi connectivity index (χ0) is 12.3. The number of carbonyl (C=O) groups excluding carboxylic acids is 1. The third kappa shape index (κ3) is 2.97. The highest BCUT2D eigenvalue weighted by atomic mass is 16.2.